The van der Waals surface area contributed by atoms with Gasteiger partial charge in [-0.25, -0.2) is 0 Å². The molecule has 0 saturated carbocycles. The summed E-state index contributed by atoms with van der Waals surface area (Å²) in [4.78, 5) is 0. The van der Waals surface area contributed by atoms with Crippen molar-refractivity contribution in [1.29, 1.82) is 0 Å². The Bertz CT molecular complexity index is 792. The zero-order valence-electron chi connectivity index (χ0n) is 24.8. The van der Waals surface area contributed by atoms with E-state index in [-0.39, 0.29) is 10.8 Å². The van der Waals surface area contributed by atoms with Gasteiger partial charge in [0.25, 0.3) is 0 Å². The topological polar surface area (TPSA) is 54.0 Å². The molecule has 0 bridgehead atoms. The molecule has 0 heterocycles. The van der Waals surface area contributed by atoms with E-state index < -0.39 is 7.60 Å². The lowest BCUT2D eigenvalue weighted by Crippen LogP contribution is -2.18. The van der Waals surface area contributed by atoms with Gasteiger partial charge in [0.2, 0.25) is 0 Å². The van der Waals surface area contributed by atoms with E-state index in [9.17, 15) is 4.57 Å². The van der Waals surface area contributed by atoms with Crippen LogP contribution >= 0.6 is 7.60 Å². The summed E-state index contributed by atoms with van der Waals surface area (Å²) < 4.78 is 34.6. The highest BCUT2D eigenvalue weighted by Crippen LogP contribution is 2.48. The van der Waals surface area contributed by atoms with Gasteiger partial charge < -0.3 is 18.5 Å². The molecule has 0 fully saturated rings. The first-order valence-electron chi connectivity index (χ1n) is 14.0. The molecule has 36 heavy (non-hydrogen) atoms. The molecule has 1 aromatic rings. The van der Waals surface area contributed by atoms with Crippen LogP contribution in [0.25, 0.3) is 0 Å². The third kappa shape index (κ3) is 12.0. The number of unbranched alkanes of at least 4 members (excludes halogenated alkanes) is 9. The van der Waals surface area contributed by atoms with Crippen LogP contribution in [0.1, 0.15) is 124 Å². The van der Waals surface area contributed by atoms with Gasteiger partial charge in [-0.05, 0) is 42.7 Å². The zero-order valence-corrected chi connectivity index (χ0v) is 25.7. The number of hydrogen-bond acceptors (Lipinski definition) is 5. The van der Waals surface area contributed by atoms with Gasteiger partial charge in [-0.3, -0.25) is 4.57 Å². The normalized spacial score (nSPS) is 14.0. The smallest absolute Gasteiger partial charge is 0.330 e. The quantitative estimate of drug-likeness (QED) is 0.141. The number of rotatable bonds is 18. The standard InChI is InChI=1S/C30H55O5P/c1-10-35-36(31,33-9)22-20-18-16-14-12-11-13-15-17-19-21-34-28-24-25(29(2,3)4)27(32-8)23-26(28)30(5,6)7/h23-24H,10-22H2,1-9H3. The van der Waals surface area contributed by atoms with Crippen LogP contribution in [0.4, 0.5) is 0 Å². The Morgan fingerprint density at radius 1 is 0.694 bits per heavy atom. The Balaban J connectivity index is 2.30. The van der Waals surface area contributed by atoms with E-state index in [1.54, 1.807) is 7.11 Å². The minimum absolute atomic E-state index is 0.00469. The monoisotopic (exact) mass is 526 g/mol. The van der Waals surface area contributed by atoms with Crippen molar-refractivity contribution in [2.24, 2.45) is 0 Å². The Kier molecular flexibility index (Phi) is 14.7. The largest absolute Gasteiger partial charge is 0.496 e. The first kappa shape index (κ1) is 33.0. The maximum atomic E-state index is 12.2. The highest BCUT2D eigenvalue weighted by atomic mass is 31.2. The van der Waals surface area contributed by atoms with Crippen molar-refractivity contribution in [1.82, 2.24) is 0 Å². The Morgan fingerprint density at radius 2 is 1.14 bits per heavy atom. The van der Waals surface area contributed by atoms with Crippen LogP contribution < -0.4 is 9.47 Å². The highest BCUT2D eigenvalue weighted by molar-refractivity contribution is 7.53. The van der Waals surface area contributed by atoms with Gasteiger partial charge in [-0.1, -0.05) is 92.9 Å². The first-order valence-corrected chi connectivity index (χ1v) is 15.8. The maximum Gasteiger partial charge on any atom is 0.330 e. The van der Waals surface area contributed by atoms with Crippen molar-refractivity contribution >= 4 is 7.60 Å². The molecule has 0 radical (unpaired) electrons. The first-order chi connectivity index (χ1) is 16.9. The fourth-order valence-electron chi connectivity index (χ4n) is 4.43. The van der Waals surface area contributed by atoms with Gasteiger partial charge in [-0.15, -0.1) is 0 Å². The van der Waals surface area contributed by atoms with Crippen LogP contribution in [0.3, 0.4) is 0 Å². The van der Waals surface area contributed by atoms with Crippen molar-refractivity contribution in [3.8, 4) is 11.5 Å². The average molecular weight is 527 g/mol. The molecule has 1 aromatic carbocycles. The third-order valence-electron chi connectivity index (χ3n) is 6.61. The van der Waals surface area contributed by atoms with Crippen molar-refractivity contribution in [3.05, 3.63) is 23.3 Å². The predicted octanol–water partition coefficient (Wildman–Crippen LogP) is 9.45. The van der Waals surface area contributed by atoms with Crippen LogP contribution in [0.15, 0.2) is 12.1 Å². The van der Waals surface area contributed by atoms with Gasteiger partial charge in [0.1, 0.15) is 11.5 Å². The van der Waals surface area contributed by atoms with Crippen molar-refractivity contribution in [3.63, 3.8) is 0 Å². The van der Waals surface area contributed by atoms with Crippen LogP contribution in [-0.4, -0.2) is 33.6 Å². The molecule has 6 heteroatoms. The molecule has 210 valence electrons. The zero-order chi connectivity index (χ0) is 27.2. The summed E-state index contributed by atoms with van der Waals surface area (Å²) >= 11 is 0. The van der Waals surface area contributed by atoms with Gasteiger partial charge in [0, 0.05) is 18.2 Å². The molecule has 0 saturated heterocycles. The molecule has 0 aliphatic carbocycles. The highest BCUT2D eigenvalue weighted by Gasteiger charge is 2.26. The van der Waals surface area contributed by atoms with Crippen LogP contribution in [0, 0.1) is 0 Å². The van der Waals surface area contributed by atoms with Crippen molar-refractivity contribution in [2.75, 3.05) is 33.6 Å². The van der Waals surface area contributed by atoms with Gasteiger partial charge in [0.05, 0.1) is 26.5 Å². The van der Waals surface area contributed by atoms with E-state index in [2.05, 4.69) is 53.7 Å². The molecule has 0 N–H and O–H groups in total. The molecule has 5 nitrogen and oxygen atoms in total. The van der Waals surface area contributed by atoms with Gasteiger partial charge in [-0.2, -0.15) is 0 Å². The van der Waals surface area contributed by atoms with Crippen LogP contribution in [0.5, 0.6) is 11.5 Å². The van der Waals surface area contributed by atoms with Crippen molar-refractivity contribution in [2.45, 2.75) is 124 Å². The summed E-state index contributed by atoms with van der Waals surface area (Å²) in [6, 6.07) is 4.37. The second-order valence-corrected chi connectivity index (χ2v) is 14.2. The Morgan fingerprint density at radius 3 is 1.58 bits per heavy atom. The summed E-state index contributed by atoms with van der Waals surface area (Å²) in [5.74, 6) is 1.94. The third-order valence-corrected chi connectivity index (χ3v) is 8.68. The lowest BCUT2D eigenvalue weighted by molar-refractivity contribution is 0.243. The molecular formula is C30H55O5P. The molecule has 1 unspecified atom stereocenters. The minimum atomic E-state index is -2.84. The fourth-order valence-corrected chi connectivity index (χ4v) is 5.85. The van der Waals surface area contributed by atoms with Crippen LogP contribution in [0.2, 0.25) is 0 Å². The van der Waals surface area contributed by atoms with Gasteiger partial charge >= 0.3 is 7.60 Å². The second kappa shape index (κ2) is 16.0. The molecule has 1 atom stereocenters. The van der Waals surface area contributed by atoms with E-state index in [1.807, 2.05) is 6.92 Å². The summed E-state index contributed by atoms with van der Waals surface area (Å²) in [7, 11) is 0.391. The molecule has 1 rings (SSSR count). The summed E-state index contributed by atoms with van der Waals surface area (Å²) in [6.07, 6.45) is 12.4. The number of hydrogen-bond donors (Lipinski definition) is 0. The molecule has 0 aliphatic heterocycles. The van der Waals surface area contributed by atoms with E-state index in [0.29, 0.717) is 12.8 Å². The van der Waals surface area contributed by atoms with Crippen molar-refractivity contribution < 1.29 is 23.1 Å². The lowest BCUT2D eigenvalue weighted by atomic mass is 9.81. The number of ether oxygens (including phenoxy) is 2. The predicted molar refractivity (Wildman–Crippen MR) is 153 cm³/mol. The molecule has 0 spiro atoms. The molecule has 0 aliphatic rings. The SMILES string of the molecule is CCOP(=O)(CCCCCCCCCCCCOc1cc(C(C)(C)C)c(OC)cc1C(C)(C)C)OC. The van der Waals surface area contributed by atoms with Gasteiger partial charge in [0.15, 0.2) is 0 Å². The minimum Gasteiger partial charge on any atom is -0.496 e. The maximum absolute atomic E-state index is 12.2. The average Bonchev–Trinajstić information content (AvgIpc) is 2.80. The summed E-state index contributed by atoms with van der Waals surface area (Å²) in [5, 5.41) is 0. The van der Waals surface area contributed by atoms with E-state index in [4.69, 9.17) is 18.5 Å². The summed E-state index contributed by atoms with van der Waals surface area (Å²) in [5.41, 5.74) is 2.38. The second-order valence-electron chi connectivity index (χ2n) is 11.9. The van der Waals surface area contributed by atoms with Crippen LogP contribution in [-0.2, 0) is 24.4 Å². The molecule has 0 aromatic heterocycles. The fraction of sp³-hybridized carbons (Fsp3) is 0.800. The molecular weight excluding hydrogens is 471 g/mol. The molecule has 0 amide bonds. The van der Waals surface area contributed by atoms with E-state index >= 15 is 0 Å². The number of methoxy groups -OCH3 is 1. The summed E-state index contributed by atoms with van der Waals surface area (Å²) in [6.45, 7) is 16.4. The van der Waals surface area contributed by atoms with E-state index in [1.165, 1.54) is 63.2 Å². The lowest BCUT2D eigenvalue weighted by Gasteiger charge is -2.28. The van der Waals surface area contributed by atoms with E-state index in [0.717, 1.165) is 37.4 Å². The Hall–Kier alpha value is -1.03. The Labute approximate surface area is 222 Å². The number of benzene rings is 1.